The van der Waals surface area contributed by atoms with Crippen LogP contribution in [-0.4, -0.2) is 29.2 Å². The second-order valence-corrected chi connectivity index (χ2v) is 6.78. The van der Waals surface area contributed by atoms with Crippen LogP contribution in [0.4, 0.5) is 0 Å². The monoisotopic (exact) mass is 279 g/mol. The quantitative estimate of drug-likeness (QED) is 0.754. The van der Waals surface area contributed by atoms with Crippen LogP contribution >= 0.6 is 0 Å². The minimum absolute atomic E-state index is 0.559. The molecule has 0 unspecified atom stereocenters. The molecule has 1 saturated carbocycles. The van der Waals surface area contributed by atoms with E-state index in [4.69, 9.17) is 4.52 Å². The highest BCUT2D eigenvalue weighted by atomic mass is 16.5. The van der Waals surface area contributed by atoms with Crippen LogP contribution in [0, 0.1) is 11.8 Å². The second kappa shape index (κ2) is 7.23. The largest absolute Gasteiger partial charge is 0.360 e. The Hall–Kier alpha value is -0.870. The third-order valence-corrected chi connectivity index (χ3v) is 3.75. The molecular weight excluding hydrogens is 250 g/mol. The third-order valence-electron chi connectivity index (χ3n) is 3.75. The standard InChI is InChI=1S/C16H29N3O/c1-12(2)8-17-9-15-7-16(20-18-15)11-19(13(3)4)10-14-5-6-14/h7,12-14,17H,5-6,8-11H2,1-4H3. The fourth-order valence-electron chi connectivity index (χ4n) is 2.29. The van der Waals surface area contributed by atoms with Crippen LogP contribution < -0.4 is 5.32 Å². The predicted molar refractivity (Wildman–Crippen MR) is 81.3 cm³/mol. The van der Waals surface area contributed by atoms with E-state index in [0.717, 1.165) is 37.0 Å². The molecule has 4 heteroatoms. The lowest BCUT2D eigenvalue weighted by Crippen LogP contribution is -2.32. The zero-order valence-electron chi connectivity index (χ0n) is 13.4. The highest BCUT2D eigenvalue weighted by Gasteiger charge is 2.26. The van der Waals surface area contributed by atoms with Gasteiger partial charge in [0.2, 0.25) is 0 Å². The van der Waals surface area contributed by atoms with E-state index < -0.39 is 0 Å². The van der Waals surface area contributed by atoms with Crippen LogP contribution in [0.15, 0.2) is 10.6 Å². The Bertz CT molecular complexity index is 396. The van der Waals surface area contributed by atoms with Gasteiger partial charge in [0.25, 0.3) is 0 Å². The summed E-state index contributed by atoms with van der Waals surface area (Å²) in [7, 11) is 0. The first kappa shape index (κ1) is 15.5. The summed E-state index contributed by atoms with van der Waals surface area (Å²) in [5, 5.41) is 7.55. The fraction of sp³-hybridized carbons (Fsp3) is 0.812. The van der Waals surface area contributed by atoms with Gasteiger partial charge in [-0.2, -0.15) is 0 Å². The van der Waals surface area contributed by atoms with Crippen LogP contribution in [0.25, 0.3) is 0 Å². The Morgan fingerprint density at radius 1 is 1.35 bits per heavy atom. The van der Waals surface area contributed by atoms with Gasteiger partial charge in [-0.05, 0) is 45.1 Å². The van der Waals surface area contributed by atoms with Crippen LogP contribution in [0.5, 0.6) is 0 Å². The maximum Gasteiger partial charge on any atom is 0.151 e. The average Bonchev–Trinajstić information content (AvgIpc) is 3.07. The molecule has 0 saturated heterocycles. The van der Waals surface area contributed by atoms with Gasteiger partial charge in [-0.15, -0.1) is 0 Å². The summed E-state index contributed by atoms with van der Waals surface area (Å²) in [6, 6.07) is 2.65. The first-order chi connectivity index (χ1) is 9.54. The molecule has 0 spiro atoms. The highest BCUT2D eigenvalue weighted by Crippen LogP contribution is 2.30. The molecule has 0 radical (unpaired) electrons. The van der Waals surface area contributed by atoms with Crippen LogP contribution in [0.3, 0.4) is 0 Å². The molecule has 0 bridgehead atoms. The van der Waals surface area contributed by atoms with Crippen molar-refractivity contribution in [1.82, 2.24) is 15.4 Å². The zero-order valence-corrected chi connectivity index (χ0v) is 13.4. The number of rotatable bonds is 9. The van der Waals surface area contributed by atoms with Gasteiger partial charge in [0.05, 0.1) is 12.2 Å². The lowest BCUT2D eigenvalue weighted by Gasteiger charge is -2.24. The molecule has 20 heavy (non-hydrogen) atoms. The van der Waals surface area contributed by atoms with E-state index in [1.807, 2.05) is 0 Å². The summed E-state index contributed by atoms with van der Waals surface area (Å²) in [5.41, 5.74) is 1.01. The van der Waals surface area contributed by atoms with E-state index in [1.54, 1.807) is 0 Å². The molecule has 1 fully saturated rings. The van der Waals surface area contributed by atoms with Gasteiger partial charge in [0.15, 0.2) is 5.76 Å². The Morgan fingerprint density at radius 3 is 2.70 bits per heavy atom. The second-order valence-electron chi connectivity index (χ2n) is 6.78. The zero-order chi connectivity index (χ0) is 14.5. The molecule has 0 atom stereocenters. The lowest BCUT2D eigenvalue weighted by molar-refractivity contribution is 0.181. The van der Waals surface area contributed by atoms with Gasteiger partial charge >= 0.3 is 0 Å². The number of nitrogens with one attached hydrogen (secondary N) is 1. The Morgan fingerprint density at radius 2 is 2.10 bits per heavy atom. The molecule has 1 aromatic heterocycles. The number of aromatic nitrogens is 1. The molecule has 0 aromatic carbocycles. The van der Waals surface area contributed by atoms with Crippen molar-refractivity contribution in [2.24, 2.45) is 11.8 Å². The van der Waals surface area contributed by atoms with Crippen molar-refractivity contribution in [3.8, 4) is 0 Å². The van der Waals surface area contributed by atoms with E-state index in [1.165, 1.54) is 19.4 Å². The normalized spacial score (nSPS) is 15.8. The van der Waals surface area contributed by atoms with Gasteiger partial charge in [-0.25, -0.2) is 0 Å². The third kappa shape index (κ3) is 5.25. The summed E-state index contributed by atoms with van der Waals surface area (Å²) >= 11 is 0. The summed E-state index contributed by atoms with van der Waals surface area (Å²) in [6.07, 6.45) is 2.79. The predicted octanol–water partition coefficient (Wildman–Crippen LogP) is 3.04. The lowest BCUT2D eigenvalue weighted by atomic mass is 10.2. The van der Waals surface area contributed by atoms with Gasteiger partial charge in [-0.1, -0.05) is 19.0 Å². The van der Waals surface area contributed by atoms with Gasteiger partial charge in [-0.3, -0.25) is 4.90 Å². The smallest absolute Gasteiger partial charge is 0.151 e. The summed E-state index contributed by atoms with van der Waals surface area (Å²) in [6.45, 7) is 12.8. The van der Waals surface area contributed by atoms with Crippen molar-refractivity contribution in [3.63, 3.8) is 0 Å². The SMILES string of the molecule is CC(C)CNCc1cc(CN(CC2CC2)C(C)C)on1. The van der Waals surface area contributed by atoms with Crippen molar-refractivity contribution in [1.29, 1.82) is 0 Å². The topological polar surface area (TPSA) is 41.3 Å². The molecular formula is C16H29N3O. The van der Waals surface area contributed by atoms with Crippen LogP contribution in [-0.2, 0) is 13.1 Å². The Labute approximate surface area is 122 Å². The summed E-state index contributed by atoms with van der Waals surface area (Å²) < 4.78 is 5.47. The molecule has 2 rings (SSSR count). The minimum Gasteiger partial charge on any atom is -0.360 e. The molecule has 1 heterocycles. The highest BCUT2D eigenvalue weighted by molar-refractivity contribution is 5.05. The summed E-state index contributed by atoms with van der Waals surface area (Å²) in [4.78, 5) is 2.49. The van der Waals surface area contributed by atoms with Crippen molar-refractivity contribution in [2.75, 3.05) is 13.1 Å². The van der Waals surface area contributed by atoms with E-state index in [9.17, 15) is 0 Å². The van der Waals surface area contributed by atoms with E-state index in [2.05, 4.69) is 49.1 Å². The first-order valence-electron chi connectivity index (χ1n) is 7.93. The maximum absolute atomic E-state index is 5.47. The Kier molecular flexibility index (Phi) is 5.61. The average molecular weight is 279 g/mol. The number of hydrogen-bond acceptors (Lipinski definition) is 4. The van der Waals surface area contributed by atoms with Gasteiger partial charge < -0.3 is 9.84 Å². The molecule has 1 aliphatic rings. The number of hydrogen-bond donors (Lipinski definition) is 1. The van der Waals surface area contributed by atoms with Gasteiger partial charge in [0, 0.05) is 25.2 Å². The van der Waals surface area contributed by atoms with Crippen molar-refractivity contribution >= 4 is 0 Å². The van der Waals surface area contributed by atoms with Crippen LogP contribution in [0.2, 0.25) is 0 Å². The Balaban J connectivity index is 1.80. The molecule has 4 nitrogen and oxygen atoms in total. The van der Waals surface area contributed by atoms with E-state index >= 15 is 0 Å². The molecule has 1 aromatic rings. The number of nitrogens with zero attached hydrogens (tertiary/aromatic N) is 2. The van der Waals surface area contributed by atoms with Crippen molar-refractivity contribution < 1.29 is 4.52 Å². The van der Waals surface area contributed by atoms with Gasteiger partial charge in [0.1, 0.15) is 0 Å². The first-order valence-corrected chi connectivity index (χ1v) is 7.93. The van der Waals surface area contributed by atoms with E-state index in [0.29, 0.717) is 12.0 Å². The van der Waals surface area contributed by atoms with Crippen LogP contribution in [0.1, 0.15) is 52.0 Å². The molecule has 0 aliphatic heterocycles. The molecule has 0 amide bonds. The fourth-order valence-corrected chi connectivity index (χ4v) is 2.29. The molecule has 1 aliphatic carbocycles. The van der Waals surface area contributed by atoms with Crippen molar-refractivity contribution in [2.45, 2.75) is 59.7 Å². The maximum atomic E-state index is 5.47. The van der Waals surface area contributed by atoms with E-state index in [-0.39, 0.29) is 0 Å². The molecule has 114 valence electrons. The van der Waals surface area contributed by atoms with Crippen molar-refractivity contribution in [3.05, 3.63) is 17.5 Å². The summed E-state index contributed by atoms with van der Waals surface area (Å²) in [5.74, 6) is 2.56. The minimum atomic E-state index is 0.559. The molecule has 1 N–H and O–H groups in total.